The minimum atomic E-state index is -0.133. The molecule has 4 aromatic heterocycles. The van der Waals surface area contributed by atoms with Crippen LogP contribution in [-0.2, 0) is 27.8 Å². The molecule has 0 unspecified atom stereocenters. The Morgan fingerprint density at radius 2 is 1.84 bits per heavy atom. The number of carbonyl (C=O) groups excluding carboxylic acids is 2. The Balaban J connectivity index is 1.01. The van der Waals surface area contributed by atoms with Crippen molar-refractivity contribution >= 4 is 44.0 Å². The maximum Gasteiger partial charge on any atom is 0.196 e. The van der Waals surface area contributed by atoms with Gasteiger partial charge in [0.2, 0.25) is 0 Å². The summed E-state index contributed by atoms with van der Waals surface area (Å²) in [6, 6.07) is 14.1. The molecule has 0 saturated heterocycles. The zero-order chi connectivity index (χ0) is 29.9. The number of aromatic nitrogens is 4. The normalized spacial score (nSPS) is 16.2. The van der Waals surface area contributed by atoms with Crippen LogP contribution in [0.4, 0.5) is 5.82 Å². The molecule has 43 heavy (non-hydrogen) atoms. The summed E-state index contributed by atoms with van der Waals surface area (Å²) in [5, 5.41) is 4.08. The minimum absolute atomic E-state index is 0.104. The van der Waals surface area contributed by atoms with Crippen LogP contribution in [0.5, 0.6) is 0 Å². The number of thiazole rings is 1. The zero-order valence-electron chi connectivity index (χ0n) is 25.2. The minimum Gasteiger partial charge on any atom is -0.361 e. The van der Waals surface area contributed by atoms with Crippen LogP contribution in [0.25, 0.3) is 26.6 Å². The van der Waals surface area contributed by atoms with Crippen molar-refractivity contribution in [3.63, 3.8) is 0 Å². The summed E-state index contributed by atoms with van der Waals surface area (Å²) in [6.45, 7) is 7.05. The standard InChI is InChI=1S/C34H37N5O3S/c1-33(2,3)29-17-24(37-42-29)16-25(40)15-21-5-7-22(8-6-21)26-19-39-27-11-12-30(36-31(27)43-32(39)35-26)38(4)20-34(13-14-34)18-28(41)23-9-10-23/h5-8,11-12,17,19,23H,9-10,13-16,18,20H2,1-4H3. The fourth-order valence-corrected chi connectivity index (χ4v) is 6.81. The van der Waals surface area contributed by atoms with Crippen molar-refractivity contribution in [1.29, 1.82) is 0 Å². The number of fused-ring (bicyclic) bond motifs is 3. The van der Waals surface area contributed by atoms with Gasteiger partial charge in [0.25, 0.3) is 0 Å². The SMILES string of the molecule is CN(CC1(CC(=O)C2CC2)CC1)c1ccc2c(n1)sc1nc(-c3ccc(CC(=O)Cc4cc(C(C)(C)C)on4)cc3)cn12. The maximum atomic E-state index is 12.7. The highest BCUT2D eigenvalue weighted by Gasteiger charge is 2.47. The Morgan fingerprint density at radius 3 is 2.51 bits per heavy atom. The second-order valence-electron chi connectivity index (χ2n) is 13.7. The molecule has 0 amide bonds. The molecule has 0 N–H and O–H groups in total. The van der Waals surface area contributed by atoms with Gasteiger partial charge in [-0.1, -0.05) is 61.5 Å². The van der Waals surface area contributed by atoms with E-state index in [1.807, 2.05) is 30.3 Å². The average molecular weight is 596 g/mol. The molecule has 9 heteroatoms. The van der Waals surface area contributed by atoms with Crippen molar-refractivity contribution in [2.45, 2.75) is 71.1 Å². The van der Waals surface area contributed by atoms with E-state index in [1.165, 1.54) is 0 Å². The molecule has 222 valence electrons. The Morgan fingerprint density at radius 1 is 1.07 bits per heavy atom. The van der Waals surface area contributed by atoms with E-state index in [4.69, 9.17) is 14.5 Å². The molecule has 7 rings (SSSR count). The van der Waals surface area contributed by atoms with E-state index >= 15 is 0 Å². The van der Waals surface area contributed by atoms with Gasteiger partial charge in [0.05, 0.1) is 23.3 Å². The van der Waals surface area contributed by atoms with Crippen LogP contribution in [0.15, 0.2) is 53.2 Å². The maximum absolute atomic E-state index is 12.7. The van der Waals surface area contributed by atoms with Crippen LogP contribution in [0.3, 0.4) is 0 Å². The second kappa shape index (κ2) is 10.4. The number of hydrogen-bond acceptors (Lipinski definition) is 8. The lowest BCUT2D eigenvalue weighted by Crippen LogP contribution is -2.29. The second-order valence-corrected chi connectivity index (χ2v) is 14.6. The number of ketones is 2. The fraction of sp³-hybridized carbons (Fsp3) is 0.441. The van der Waals surface area contributed by atoms with Crippen molar-refractivity contribution in [3.05, 3.63) is 65.7 Å². The number of pyridine rings is 1. The number of nitrogens with zero attached hydrogens (tertiary/aromatic N) is 5. The number of Topliss-reactive ketones (excluding diaryl/α,β-unsaturated/α-hetero) is 2. The summed E-state index contributed by atoms with van der Waals surface area (Å²) >= 11 is 1.58. The van der Waals surface area contributed by atoms with Gasteiger partial charge < -0.3 is 9.42 Å². The van der Waals surface area contributed by atoms with Crippen LogP contribution in [0.2, 0.25) is 0 Å². The van der Waals surface area contributed by atoms with Gasteiger partial charge in [-0.25, -0.2) is 9.97 Å². The Hall–Kier alpha value is -3.85. The van der Waals surface area contributed by atoms with E-state index < -0.39 is 0 Å². The molecule has 1 aromatic carbocycles. The lowest BCUT2D eigenvalue weighted by atomic mass is 9.93. The molecular weight excluding hydrogens is 558 g/mol. The van der Waals surface area contributed by atoms with Gasteiger partial charge in [0.15, 0.2) is 4.96 Å². The van der Waals surface area contributed by atoms with Crippen LogP contribution in [0, 0.1) is 11.3 Å². The zero-order valence-corrected chi connectivity index (χ0v) is 26.0. The average Bonchev–Trinajstić information content (AvgIpc) is 3.81. The number of imidazole rings is 1. The third-order valence-electron chi connectivity index (χ3n) is 8.78. The van der Waals surface area contributed by atoms with Crippen molar-refractivity contribution < 1.29 is 14.1 Å². The summed E-state index contributed by atoms with van der Waals surface area (Å²) in [5.41, 5.74) is 4.58. The molecule has 2 saturated carbocycles. The molecule has 5 aromatic rings. The fourth-order valence-electron chi connectivity index (χ4n) is 5.83. The summed E-state index contributed by atoms with van der Waals surface area (Å²) < 4.78 is 7.52. The van der Waals surface area contributed by atoms with Crippen LogP contribution >= 0.6 is 11.3 Å². The first-order valence-corrected chi connectivity index (χ1v) is 16.0. The van der Waals surface area contributed by atoms with Gasteiger partial charge in [0.1, 0.15) is 28.0 Å². The molecule has 0 radical (unpaired) electrons. The molecule has 2 aliphatic carbocycles. The van der Waals surface area contributed by atoms with Gasteiger partial charge in [0, 0.05) is 55.6 Å². The predicted octanol–water partition coefficient (Wildman–Crippen LogP) is 6.84. The summed E-state index contributed by atoms with van der Waals surface area (Å²) in [7, 11) is 2.08. The first-order valence-electron chi connectivity index (χ1n) is 15.1. The summed E-state index contributed by atoms with van der Waals surface area (Å²) in [5.74, 6) is 2.63. The molecule has 0 aliphatic heterocycles. The Kier molecular flexibility index (Phi) is 6.76. The van der Waals surface area contributed by atoms with E-state index in [2.05, 4.69) is 60.6 Å². The van der Waals surface area contributed by atoms with Crippen LogP contribution in [-0.4, -0.2) is 44.7 Å². The van der Waals surface area contributed by atoms with Crippen molar-refractivity contribution in [3.8, 4) is 11.3 Å². The monoisotopic (exact) mass is 595 g/mol. The van der Waals surface area contributed by atoms with Crippen molar-refractivity contribution in [1.82, 2.24) is 19.5 Å². The molecule has 8 nitrogen and oxygen atoms in total. The predicted molar refractivity (Wildman–Crippen MR) is 169 cm³/mol. The lowest BCUT2D eigenvalue weighted by Gasteiger charge is -2.24. The topological polar surface area (TPSA) is 93.6 Å². The van der Waals surface area contributed by atoms with Crippen molar-refractivity contribution in [2.24, 2.45) is 11.3 Å². The summed E-state index contributed by atoms with van der Waals surface area (Å²) in [6.07, 6.45) is 7.82. The molecule has 0 spiro atoms. The first-order chi connectivity index (χ1) is 20.5. The molecule has 4 heterocycles. The van der Waals surface area contributed by atoms with Gasteiger partial charge in [-0.3, -0.25) is 14.0 Å². The van der Waals surface area contributed by atoms with Crippen LogP contribution < -0.4 is 4.90 Å². The number of carbonyl (C=O) groups is 2. The van der Waals surface area contributed by atoms with Crippen LogP contribution in [0.1, 0.15) is 69.9 Å². The highest BCUT2D eigenvalue weighted by Crippen LogP contribution is 2.51. The summed E-state index contributed by atoms with van der Waals surface area (Å²) in [4.78, 5) is 39.0. The molecule has 2 fully saturated rings. The van der Waals surface area contributed by atoms with Gasteiger partial charge in [-0.05, 0) is 48.8 Å². The van der Waals surface area contributed by atoms with E-state index in [0.717, 1.165) is 82.4 Å². The Bertz CT molecular complexity index is 1830. The number of benzene rings is 1. The smallest absolute Gasteiger partial charge is 0.196 e. The molecular formula is C34H37N5O3S. The van der Waals surface area contributed by atoms with E-state index in [9.17, 15) is 9.59 Å². The quantitative estimate of drug-likeness (QED) is 0.165. The lowest BCUT2D eigenvalue weighted by molar-refractivity contribution is -0.121. The van der Waals surface area contributed by atoms with Gasteiger partial charge >= 0.3 is 0 Å². The number of anilines is 1. The van der Waals surface area contributed by atoms with E-state index in [-0.39, 0.29) is 23.0 Å². The Labute approximate surface area is 255 Å². The molecule has 2 aliphatic rings. The van der Waals surface area contributed by atoms with E-state index in [0.29, 0.717) is 23.8 Å². The molecule has 0 bridgehead atoms. The molecule has 0 atom stereocenters. The number of hydrogen-bond donors (Lipinski definition) is 0. The van der Waals surface area contributed by atoms with Gasteiger partial charge in [-0.2, -0.15) is 0 Å². The van der Waals surface area contributed by atoms with E-state index in [1.54, 1.807) is 11.3 Å². The third-order valence-corrected chi connectivity index (χ3v) is 9.74. The first kappa shape index (κ1) is 28.0. The highest BCUT2D eigenvalue weighted by molar-refractivity contribution is 7.23. The number of rotatable bonds is 11. The largest absolute Gasteiger partial charge is 0.361 e. The van der Waals surface area contributed by atoms with Crippen molar-refractivity contribution in [2.75, 3.05) is 18.5 Å². The third kappa shape index (κ3) is 5.87. The van der Waals surface area contributed by atoms with Gasteiger partial charge in [-0.15, -0.1) is 0 Å². The highest BCUT2D eigenvalue weighted by atomic mass is 32.1.